The smallest absolute Gasteiger partial charge is 0.272 e. The normalized spacial score (nSPS) is 16.4. The molecule has 0 radical (unpaired) electrons. The van der Waals surface area contributed by atoms with Crippen molar-refractivity contribution in [1.82, 2.24) is 25.7 Å². The molecule has 25 heavy (non-hydrogen) atoms. The molecule has 9 nitrogen and oxygen atoms in total. The largest absolute Gasteiger partial charge is 0.394 e. The van der Waals surface area contributed by atoms with Crippen LogP contribution in [0, 0.1) is 0 Å². The summed E-state index contributed by atoms with van der Waals surface area (Å²) in [7, 11) is 0. The molecule has 1 fully saturated rings. The number of nitrogens with one attached hydrogen (secondary N) is 2. The van der Waals surface area contributed by atoms with Crippen LogP contribution in [0.2, 0.25) is 0 Å². The minimum Gasteiger partial charge on any atom is -0.394 e. The Kier molecular flexibility index (Phi) is 5.49. The van der Waals surface area contributed by atoms with Gasteiger partial charge in [-0.3, -0.25) is 20.0 Å². The standard InChI is InChI=1S/C16H19N5O4/c22-10-14(16(24)20-21-5-7-25-8-6-21)19-15(23)13-9-17-11-3-1-2-4-12(11)18-13/h1-4,9,14,22H,5-8,10H2,(H,19,23)(H,20,24)/t14-/m0/s1. The number of amides is 2. The Hall–Kier alpha value is -2.62. The first kappa shape index (κ1) is 17.2. The number of rotatable bonds is 5. The predicted molar refractivity (Wildman–Crippen MR) is 88.4 cm³/mol. The van der Waals surface area contributed by atoms with Crippen molar-refractivity contribution in [2.75, 3.05) is 32.9 Å². The van der Waals surface area contributed by atoms with E-state index in [0.717, 1.165) is 0 Å². The number of hydrazine groups is 1. The third-order valence-electron chi connectivity index (χ3n) is 3.76. The average Bonchev–Trinajstić information content (AvgIpc) is 2.66. The summed E-state index contributed by atoms with van der Waals surface area (Å²) < 4.78 is 5.20. The van der Waals surface area contributed by atoms with Crippen LogP contribution in [0.25, 0.3) is 11.0 Å². The van der Waals surface area contributed by atoms with Crippen LogP contribution in [0.4, 0.5) is 0 Å². The van der Waals surface area contributed by atoms with Gasteiger partial charge < -0.3 is 15.2 Å². The van der Waals surface area contributed by atoms with Crippen molar-refractivity contribution in [3.8, 4) is 0 Å². The van der Waals surface area contributed by atoms with Gasteiger partial charge in [0.15, 0.2) is 0 Å². The van der Waals surface area contributed by atoms with Gasteiger partial charge in [0.05, 0.1) is 37.1 Å². The first-order chi connectivity index (χ1) is 12.2. The number of aliphatic hydroxyl groups is 1. The molecule has 9 heteroatoms. The van der Waals surface area contributed by atoms with Crippen LogP contribution in [0.3, 0.4) is 0 Å². The Balaban J connectivity index is 1.64. The quantitative estimate of drug-likeness (QED) is 0.642. The highest BCUT2D eigenvalue weighted by atomic mass is 16.5. The summed E-state index contributed by atoms with van der Waals surface area (Å²) in [6.07, 6.45) is 1.34. The molecule has 1 atom stereocenters. The summed E-state index contributed by atoms with van der Waals surface area (Å²) in [6.45, 7) is 1.61. The van der Waals surface area contributed by atoms with Gasteiger partial charge in [-0.15, -0.1) is 0 Å². The lowest BCUT2D eigenvalue weighted by molar-refractivity contribution is -0.130. The van der Waals surface area contributed by atoms with E-state index in [1.165, 1.54) is 6.20 Å². The second-order valence-electron chi connectivity index (χ2n) is 5.53. The summed E-state index contributed by atoms with van der Waals surface area (Å²) >= 11 is 0. The van der Waals surface area contributed by atoms with Gasteiger partial charge >= 0.3 is 0 Å². The fourth-order valence-corrected chi connectivity index (χ4v) is 2.40. The van der Waals surface area contributed by atoms with Gasteiger partial charge in [-0.1, -0.05) is 12.1 Å². The van der Waals surface area contributed by atoms with Gasteiger partial charge in [0.1, 0.15) is 11.7 Å². The summed E-state index contributed by atoms with van der Waals surface area (Å²) in [4.78, 5) is 32.9. The van der Waals surface area contributed by atoms with Gasteiger partial charge in [0.2, 0.25) is 0 Å². The molecule has 0 aliphatic carbocycles. The molecule has 1 aromatic carbocycles. The summed E-state index contributed by atoms with van der Waals surface area (Å²) in [5.41, 5.74) is 3.99. The maximum Gasteiger partial charge on any atom is 0.272 e. The van der Waals surface area contributed by atoms with E-state index in [2.05, 4.69) is 20.7 Å². The molecule has 0 bridgehead atoms. The maximum absolute atomic E-state index is 12.3. The Bertz CT molecular complexity index is 763. The summed E-state index contributed by atoms with van der Waals surface area (Å²) in [6, 6.07) is 6.08. The summed E-state index contributed by atoms with van der Waals surface area (Å²) in [5, 5.41) is 13.6. The highest BCUT2D eigenvalue weighted by Crippen LogP contribution is 2.08. The fourth-order valence-electron chi connectivity index (χ4n) is 2.40. The van der Waals surface area contributed by atoms with Gasteiger partial charge in [-0.2, -0.15) is 0 Å². The minimum atomic E-state index is -1.08. The van der Waals surface area contributed by atoms with Gasteiger partial charge in [-0.25, -0.2) is 9.99 Å². The minimum absolute atomic E-state index is 0.0799. The van der Waals surface area contributed by atoms with E-state index in [4.69, 9.17) is 4.74 Å². The van der Waals surface area contributed by atoms with Crippen LogP contribution < -0.4 is 10.7 Å². The van der Waals surface area contributed by atoms with Crippen LogP contribution >= 0.6 is 0 Å². The van der Waals surface area contributed by atoms with Crippen molar-refractivity contribution in [3.05, 3.63) is 36.2 Å². The lowest BCUT2D eigenvalue weighted by atomic mass is 10.2. The first-order valence-electron chi connectivity index (χ1n) is 7.94. The number of aromatic nitrogens is 2. The van der Waals surface area contributed by atoms with Crippen molar-refractivity contribution in [1.29, 1.82) is 0 Å². The number of ether oxygens (including phenoxy) is 1. The number of morpholine rings is 1. The molecule has 0 saturated carbocycles. The second-order valence-corrected chi connectivity index (χ2v) is 5.53. The van der Waals surface area contributed by atoms with Crippen LogP contribution in [0.5, 0.6) is 0 Å². The zero-order chi connectivity index (χ0) is 17.6. The topological polar surface area (TPSA) is 117 Å². The van der Waals surface area contributed by atoms with E-state index in [0.29, 0.717) is 37.3 Å². The molecule has 0 spiro atoms. The van der Waals surface area contributed by atoms with Crippen molar-refractivity contribution in [3.63, 3.8) is 0 Å². The average molecular weight is 345 g/mol. The van der Waals surface area contributed by atoms with E-state index in [-0.39, 0.29) is 5.69 Å². The van der Waals surface area contributed by atoms with Crippen molar-refractivity contribution >= 4 is 22.8 Å². The molecule has 3 N–H and O–H groups in total. The fraction of sp³-hybridized carbons (Fsp3) is 0.375. The van der Waals surface area contributed by atoms with Crippen LogP contribution in [0.15, 0.2) is 30.5 Å². The second kappa shape index (κ2) is 7.97. The first-order valence-corrected chi connectivity index (χ1v) is 7.94. The number of fused-ring (bicyclic) bond motifs is 1. The lowest BCUT2D eigenvalue weighted by Crippen LogP contribution is -2.56. The van der Waals surface area contributed by atoms with E-state index in [1.54, 1.807) is 23.2 Å². The van der Waals surface area contributed by atoms with Crippen LogP contribution in [-0.2, 0) is 9.53 Å². The third kappa shape index (κ3) is 4.27. The molecule has 1 aliphatic heterocycles. The molecule has 132 valence electrons. The zero-order valence-electron chi connectivity index (χ0n) is 13.5. The van der Waals surface area contributed by atoms with Gasteiger partial charge in [0, 0.05) is 13.1 Å². The third-order valence-corrected chi connectivity index (χ3v) is 3.76. The molecule has 1 aromatic heterocycles. The van der Waals surface area contributed by atoms with Crippen molar-refractivity contribution in [2.45, 2.75) is 6.04 Å². The van der Waals surface area contributed by atoms with Crippen LogP contribution in [-0.4, -0.2) is 70.8 Å². The summed E-state index contributed by atoms with van der Waals surface area (Å²) in [5.74, 6) is -1.07. The maximum atomic E-state index is 12.3. The molecule has 2 amide bonds. The molecule has 1 saturated heterocycles. The monoisotopic (exact) mass is 345 g/mol. The van der Waals surface area contributed by atoms with E-state index in [9.17, 15) is 14.7 Å². The number of nitrogens with zero attached hydrogens (tertiary/aromatic N) is 3. The number of carbonyl (C=O) groups is 2. The van der Waals surface area contributed by atoms with Gasteiger partial charge in [0.25, 0.3) is 11.8 Å². The van der Waals surface area contributed by atoms with Gasteiger partial charge in [-0.05, 0) is 12.1 Å². The van der Waals surface area contributed by atoms with E-state index >= 15 is 0 Å². The predicted octanol–water partition coefficient (Wildman–Crippen LogP) is -0.916. The Morgan fingerprint density at radius 3 is 2.68 bits per heavy atom. The molecule has 3 rings (SSSR count). The number of hydrogen-bond donors (Lipinski definition) is 3. The Morgan fingerprint density at radius 1 is 1.24 bits per heavy atom. The molecular formula is C16H19N5O4. The molecule has 0 unspecified atom stereocenters. The number of benzene rings is 1. The highest BCUT2D eigenvalue weighted by Gasteiger charge is 2.24. The number of para-hydroxylation sites is 2. The highest BCUT2D eigenvalue weighted by molar-refractivity contribution is 5.97. The Labute approximate surface area is 144 Å². The van der Waals surface area contributed by atoms with Crippen molar-refractivity contribution < 1.29 is 19.4 Å². The SMILES string of the molecule is O=C(N[C@@H](CO)C(=O)NN1CCOCC1)c1cnc2ccccc2n1. The van der Waals surface area contributed by atoms with E-state index < -0.39 is 24.5 Å². The van der Waals surface area contributed by atoms with Crippen LogP contribution in [0.1, 0.15) is 10.5 Å². The number of carbonyl (C=O) groups excluding carboxylic acids is 2. The van der Waals surface area contributed by atoms with E-state index in [1.807, 2.05) is 6.07 Å². The molecule has 2 heterocycles. The lowest BCUT2D eigenvalue weighted by Gasteiger charge is -2.28. The molecular weight excluding hydrogens is 326 g/mol. The Morgan fingerprint density at radius 2 is 1.96 bits per heavy atom. The molecule has 1 aliphatic rings. The number of hydrogen-bond acceptors (Lipinski definition) is 7. The zero-order valence-corrected chi connectivity index (χ0v) is 13.5. The van der Waals surface area contributed by atoms with Crippen molar-refractivity contribution in [2.24, 2.45) is 0 Å². The molecule has 2 aromatic rings. The number of aliphatic hydroxyl groups excluding tert-OH is 1.